The SMILES string of the molecule is CN1C(=O)C(n2cnc(C(N)=O)n2)CCn2nc(CN3CCC(F)(F)C3)cc21. The van der Waals surface area contributed by atoms with Crippen LogP contribution in [0.5, 0.6) is 0 Å². The molecule has 2 N–H and O–H groups in total. The lowest BCUT2D eigenvalue weighted by Crippen LogP contribution is -2.34. The second-order valence-electron chi connectivity index (χ2n) is 7.15. The number of fused-ring (bicyclic) bond motifs is 1. The molecule has 4 heterocycles. The van der Waals surface area contributed by atoms with Crippen LogP contribution < -0.4 is 10.6 Å². The molecule has 12 heteroatoms. The Morgan fingerprint density at radius 1 is 1.36 bits per heavy atom. The van der Waals surface area contributed by atoms with E-state index in [0.717, 1.165) is 0 Å². The minimum atomic E-state index is -2.65. The third kappa shape index (κ3) is 3.35. The van der Waals surface area contributed by atoms with Crippen molar-refractivity contribution in [2.75, 3.05) is 25.0 Å². The molecule has 4 rings (SSSR count). The van der Waals surface area contributed by atoms with E-state index >= 15 is 0 Å². The van der Waals surface area contributed by atoms with Gasteiger partial charge < -0.3 is 5.73 Å². The van der Waals surface area contributed by atoms with Crippen LogP contribution in [-0.2, 0) is 17.9 Å². The summed E-state index contributed by atoms with van der Waals surface area (Å²) in [5.41, 5.74) is 5.81. The number of aromatic nitrogens is 5. The molecule has 150 valence electrons. The molecule has 2 aliphatic rings. The Balaban J connectivity index is 1.51. The summed E-state index contributed by atoms with van der Waals surface area (Å²) in [5, 5.41) is 8.47. The maximum Gasteiger partial charge on any atom is 0.288 e. The van der Waals surface area contributed by atoms with E-state index in [1.165, 1.54) is 15.9 Å². The van der Waals surface area contributed by atoms with Crippen molar-refractivity contribution in [2.24, 2.45) is 5.73 Å². The molecule has 0 radical (unpaired) electrons. The van der Waals surface area contributed by atoms with Gasteiger partial charge in [-0.25, -0.2) is 23.1 Å². The number of rotatable bonds is 4. The van der Waals surface area contributed by atoms with E-state index in [0.29, 0.717) is 37.6 Å². The van der Waals surface area contributed by atoms with Gasteiger partial charge in [-0.1, -0.05) is 0 Å². The van der Waals surface area contributed by atoms with Gasteiger partial charge in [-0.05, 0) is 6.42 Å². The van der Waals surface area contributed by atoms with Gasteiger partial charge >= 0.3 is 0 Å². The van der Waals surface area contributed by atoms with Crippen LogP contribution in [0.2, 0.25) is 0 Å². The number of amides is 2. The molecule has 0 spiro atoms. The van der Waals surface area contributed by atoms with Crippen molar-refractivity contribution in [1.29, 1.82) is 0 Å². The fourth-order valence-electron chi connectivity index (χ4n) is 3.63. The molecule has 0 aliphatic carbocycles. The van der Waals surface area contributed by atoms with Gasteiger partial charge in [0.05, 0.1) is 12.2 Å². The zero-order valence-electron chi connectivity index (χ0n) is 15.3. The third-order valence-corrected chi connectivity index (χ3v) is 5.07. The number of nitrogens with zero attached hydrogens (tertiary/aromatic N) is 7. The third-order valence-electron chi connectivity index (χ3n) is 5.07. The molecular weight excluding hydrogens is 374 g/mol. The largest absolute Gasteiger partial charge is 0.363 e. The normalized spacial score (nSPS) is 22.3. The first-order chi connectivity index (χ1) is 13.2. The molecule has 0 aromatic carbocycles. The fourth-order valence-corrected chi connectivity index (χ4v) is 3.63. The van der Waals surface area contributed by atoms with Crippen molar-refractivity contribution < 1.29 is 18.4 Å². The quantitative estimate of drug-likeness (QED) is 0.782. The second-order valence-corrected chi connectivity index (χ2v) is 7.15. The van der Waals surface area contributed by atoms with E-state index < -0.39 is 17.9 Å². The number of carbonyl (C=O) groups excluding carboxylic acids is 2. The number of anilines is 1. The number of aryl methyl sites for hydroxylation is 1. The average molecular weight is 394 g/mol. The summed E-state index contributed by atoms with van der Waals surface area (Å²) in [6.45, 7) is 0.783. The lowest BCUT2D eigenvalue weighted by atomic mass is 10.2. The smallest absolute Gasteiger partial charge is 0.288 e. The highest BCUT2D eigenvalue weighted by Gasteiger charge is 2.38. The van der Waals surface area contributed by atoms with E-state index in [2.05, 4.69) is 15.2 Å². The lowest BCUT2D eigenvalue weighted by Gasteiger charge is -2.19. The first kappa shape index (κ1) is 18.5. The van der Waals surface area contributed by atoms with Gasteiger partial charge in [-0.2, -0.15) is 5.10 Å². The standard InChI is InChI=1S/C16H20F2N8O2/c1-23-12-6-10(7-24-5-3-16(17,18)8-24)21-25(12)4-2-11(15(23)28)26-9-20-14(22-26)13(19)27/h6,9,11H,2-5,7-8H2,1H3,(H2,19,27). The van der Waals surface area contributed by atoms with Crippen LogP contribution in [0.4, 0.5) is 14.6 Å². The van der Waals surface area contributed by atoms with Gasteiger partial charge in [0.15, 0.2) is 0 Å². The van der Waals surface area contributed by atoms with Gasteiger partial charge in [-0.15, -0.1) is 5.10 Å². The first-order valence-corrected chi connectivity index (χ1v) is 8.89. The lowest BCUT2D eigenvalue weighted by molar-refractivity contribution is -0.121. The minimum Gasteiger partial charge on any atom is -0.363 e. The van der Waals surface area contributed by atoms with Crippen LogP contribution in [0.3, 0.4) is 0 Å². The summed E-state index contributed by atoms with van der Waals surface area (Å²) in [6, 6.07) is 1.10. The number of nitrogens with two attached hydrogens (primary N) is 1. The minimum absolute atomic E-state index is 0.147. The summed E-state index contributed by atoms with van der Waals surface area (Å²) in [4.78, 5) is 31.0. The Labute approximate surface area is 158 Å². The maximum absolute atomic E-state index is 13.4. The molecule has 10 nitrogen and oxygen atoms in total. The van der Waals surface area contributed by atoms with Crippen molar-refractivity contribution in [1.82, 2.24) is 29.4 Å². The Morgan fingerprint density at radius 3 is 2.79 bits per heavy atom. The van der Waals surface area contributed by atoms with Crippen LogP contribution in [0.25, 0.3) is 0 Å². The number of likely N-dealkylation sites (tertiary alicyclic amines) is 1. The number of likely N-dealkylation sites (N-methyl/N-ethyl adjacent to an activating group) is 1. The van der Waals surface area contributed by atoms with E-state index in [1.54, 1.807) is 22.7 Å². The van der Waals surface area contributed by atoms with Crippen molar-refractivity contribution in [2.45, 2.75) is 37.9 Å². The summed E-state index contributed by atoms with van der Waals surface area (Å²) in [6.07, 6.45) is 1.55. The maximum atomic E-state index is 13.4. The molecule has 0 saturated carbocycles. The number of hydrogen-bond acceptors (Lipinski definition) is 6. The Hall–Kier alpha value is -2.89. The van der Waals surface area contributed by atoms with E-state index in [-0.39, 0.29) is 24.7 Å². The molecule has 2 aromatic rings. The molecule has 1 saturated heterocycles. The number of carbonyl (C=O) groups is 2. The molecular formula is C16H20F2N8O2. The predicted octanol–water partition coefficient (Wildman–Crippen LogP) is 0.0223. The zero-order valence-corrected chi connectivity index (χ0v) is 15.3. The first-order valence-electron chi connectivity index (χ1n) is 8.89. The summed E-state index contributed by atoms with van der Waals surface area (Å²) >= 11 is 0. The Kier molecular flexibility index (Phi) is 4.37. The topological polar surface area (TPSA) is 115 Å². The van der Waals surface area contributed by atoms with Gasteiger partial charge in [0.2, 0.25) is 5.82 Å². The van der Waals surface area contributed by atoms with Crippen molar-refractivity contribution in [3.8, 4) is 0 Å². The highest BCUT2D eigenvalue weighted by molar-refractivity contribution is 5.95. The van der Waals surface area contributed by atoms with Crippen molar-refractivity contribution in [3.05, 3.63) is 23.9 Å². The van der Waals surface area contributed by atoms with E-state index in [1.807, 2.05) is 0 Å². The van der Waals surface area contributed by atoms with Gasteiger partial charge in [0, 0.05) is 39.2 Å². The highest BCUT2D eigenvalue weighted by atomic mass is 19.3. The number of halogens is 2. The summed E-state index contributed by atoms with van der Waals surface area (Å²) < 4.78 is 29.8. The molecule has 2 aliphatic heterocycles. The Bertz CT molecular complexity index is 924. The molecule has 1 unspecified atom stereocenters. The predicted molar refractivity (Wildman–Crippen MR) is 92.7 cm³/mol. The molecule has 2 aromatic heterocycles. The average Bonchev–Trinajstić information content (AvgIpc) is 3.32. The van der Waals surface area contributed by atoms with Gasteiger partial charge in [0.1, 0.15) is 18.2 Å². The van der Waals surface area contributed by atoms with Crippen LogP contribution in [0, 0.1) is 0 Å². The van der Waals surface area contributed by atoms with E-state index in [9.17, 15) is 18.4 Å². The fraction of sp³-hybridized carbons (Fsp3) is 0.562. The highest BCUT2D eigenvalue weighted by Crippen LogP contribution is 2.30. The van der Waals surface area contributed by atoms with Crippen LogP contribution in [0.15, 0.2) is 12.4 Å². The molecule has 0 bridgehead atoms. The number of primary amides is 1. The summed E-state index contributed by atoms with van der Waals surface area (Å²) in [7, 11) is 1.62. The van der Waals surface area contributed by atoms with Crippen molar-refractivity contribution >= 4 is 17.6 Å². The number of hydrogen-bond donors (Lipinski definition) is 1. The molecule has 1 fully saturated rings. The monoisotopic (exact) mass is 394 g/mol. The van der Waals surface area contributed by atoms with Gasteiger partial charge in [-0.3, -0.25) is 19.4 Å². The van der Waals surface area contributed by atoms with Crippen LogP contribution in [0.1, 0.15) is 35.2 Å². The Morgan fingerprint density at radius 2 is 2.14 bits per heavy atom. The van der Waals surface area contributed by atoms with Crippen LogP contribution >= 0.6 is 0 Å². The van der Waals surface area contributed by atoms with Gasteiger partial charge in [0.25, 0.3) is 17.7 Å². The van der Waals surface area contributed by atoms with E-state index in [4.69, 9.17) is 5.73 Å². The number of alkyl halides is 2. The second kappa shape index (κ2) is 6.62. The molecule has 1 atom stereocenters. The van der Waals surface area contributed by atoms with Crippen LogP contribution in [-0.4, -0.2) is 67.3 Å². The zero-order chi connectivity index (χ0) is 20.1. The molecule has 2 amide bonds. The molecule has 28 heavy (non-hydrogen) atoms. The van der Waals surface area contributed by atoms with Crippen molar-refractivity contribution in [3.63, 3.8) is 0 Å². The summed E-state index contributed by atoms with van der Waals surface area (Å²) in [5.74, 6) is -3.22.